The van der Waals surface area contributed by atoms with Gasteiger partial charge in [-0.05, 0) is 45.1 Å². The molecule has 0 spiro atoms. The summed E-state index contributed by atoms with van der Waals surface area (Å²) in [6, 6.07) is 8.21. The Balaban J connectivity index is 1.42. The van der Waals surface area contributed by atoms with Crippen molar-refractivity contribution in [1.29, 1.82) is 0 Å². The minimum atomic E-state index is -0.0836. The second-order valence-corrected chi connectivity index (χ2v) is 8.85. The average Bonchev–Trinajstić information content (AvgIpc) is 3.37. The van der Waals surface area contributed by atoms with Crippen molar-refractivity contribution in [2.45, 2.75) is 46.1 Å². The summed E-state index contributed by atoms with van der Waals surface area (Å²) in [4.78, 5) is 29.6. The molecule has 1 aromatic carbocycles. The number of aryl methyl sites for hydroxylation is 2. The topological polar surface area (TPSA) is 58.4 Å². The number of amides is 2. The van der Waals surface area contributed by atoms with Crippen molar-refractivity contribution < 1.29 is 9.59 Å². The Bertz CT molecular complexity index is 923. The first kappa shape index (κ1) is 20.9. The maximum Gasteiger partial charge on any atom is 0.258 e. The lowest BCUT2D eigenvalue weighted by Gasteiger charge is -2.33. The first-order chi connectivity index (χ1) is 14.4. The highest BCUT2D eigenvalue weighted by molar-refractivity contribution is 6.33. The molecule has 0 saturated carbocycles. The van der Waals surface area contributed by atoms with Crippen LogP contribution in [-0.2, 0) is 11.3 Å². The number of carbonyl (C=O) groups excluding carboxylic acids is 2. The van der Waals surface area contributed by atoms with Gasteiger partial charge in [0.15, 0.2) is 0 Å². The lowest BCUT2D eigenvalue weighted by Crippen LogP contribution is -2.43. The van der Waals surface area contributed by atoms with Gasteiger partial charge in [-0.15, -0.1) is 0 Å². The van der Waals surface area contributed by atoms with Gasteiger partial charge in [-0.25, -0.2) is 4.68 Å². The Kier molecular flexibility index (Phi) is 6.14. The second kappa shape index (κ2) is 8.80. The van der Waals surface area contributed by atoms with Crippen molar-refractivity contribution in [2.75, 3.05) is 26.2 Å². The highest BCUT2D eigenvalue weighted by Crippen LogP contribution is 2.27. The fourth-order valence-corrected chi connectivity index (χ4v) is 4.77. The van der Waals surface area contributed by atoms with Crippen LogP contribution in [0.25, 0.3) is 0 Å². The molecule has 2 amide bonds. The van der Waals surface area contributed by atoms with Crippen LogP contribution < -0.4 is 0 Å². The number of benzene rings is 1. The number of halogens is 1. The molecule has 30 heavy (non-hydrogen) atoms. The molecule has 0 N–H and O–H groups in total. The second-order valence-electron chi connectivity index (χ2n) is 8.49. The average molecular weight is 429 g/mol. The van der Waals surface area contributed by atoms with E-state index in [1.165, 1.54) is 5.56 Å². The van der Waals surface area contributed by atoms with Crippen LogP contribution in [0.3, 0.4) is 0 Å². The summed E-state index contributed by atoms with van der Waals surface area (Å²) in [6.45, 7) is 7.34. The SMILES string of the molecule is Cc1ccc(Cn2nc(C)c(C(=O)N3CCC(C(=O)N4CCCC4)CC3)c2Cl)cc1. The maximum atomic E-state index is 13.2. The number of hydrogen-bond donors (Lipinski definition) is 0. The molecule has 160 valence electrons. The molecular weight excluding hydrogens is 400 g/mol. The van der Waals surface area contributed by atoms with E-state index < -0.39 is 0 Å². The van der Waals surface area contributed by atoms with Crippen LogP contribution in [0.15, 0.2) is 24.3 Å². The summed E-state index contributed by atoms with van der Waals surface area (Å²) in [7, 11) is 0. The summed E-state index contributed by atoms with van der Waals surface area (Å²) >= 11 is 6.58. The smallest absolute Gasteiger partial charge is 0.258 e. The van der Waals surface area contributed by atoms with E-state index in [0.717, 1.165) is 44.3 Å². The van der Waals surface area contributed by atoms with Gasteiger partial charge in [-0.2, -0.15) is 5.10 Å². The van der Waals surface area contributed by atoms with E-state index in [1.54, 1.807) is 4.68 Å². The number of hydrogen-bond acceptors (Lipinski definition) is 3. The zero-order valence-electron chi connectivity index (χ0n) is 17.7. The van der Waals surface area contributed by atoms with Gasteiger partial charge in [-0.3, -0.25) is 9.59 Å². The quantitative estimate of drug-likeness (QED) is 0.746. The van der Waals surface area contributed by atoms with E-state index in [-0.39, 0.29) is 17.7 Å². The van der Waals surface area contributed by atoms with Crippen LogP contribution in [0.1, 0.15) is 52.9 Å². The Morgan fingerprint density at radius 1 is 1.00 bits per heavy atom. The Morgan fingerprint density at radius 2 is 1.63 bits per heavy atom. The standard InChI is InChI=1S/C23H29ClN4O2/c1-16-5-7-18(8-6-16)15-28-21(24)20(17(2)25-28)23(30)27-13-9-19(10-14-27)22(29)26-11-3-4-12-26/h5-8,19H,3-4,9-15H2,1-2H3. The van der Waals surface area contributed by atoms with E-state index in [9.17, 15) is 9.59 Å². The van der Waals surface area contributed by atoms with E-state index >= 15 is 0 Å². The first-order valence-electron chi connectivity index (χ1n) is 10.8. The predicted molar refractivity (Wildman–Crippen MR) is 117 cm³/mol. The fourth-order valence-electron chi connectivity index (χ4n) is 4.45. The predicted octanol–water partition coefficient (Wildman–Crippen LogP) is 3.68. The first-order valence-corrected chi connectivity index (χ1v) is 11.2. The van der Waals surface area contributed by atoms with Gasteiger partial charge < -0.3 is 9.80 Å². The monoisotopic (exact) mass is 428 g/mol. The Morgan fingerprint density at radius 3 is 2.27 bits per heavy atom. The highest BCUT2D eigenvalue weighted by Gasteiger charge is 2.33. The molecule has 4 rings (SSSR count). The molecule has 1 aromatic heterocycles. The molecule has 0 bridgehead atoms. The van der Waals surface area contributed by atoms with Crippen LogP contribution >= 0.6 is 11.6 Å². The van der Waals surface area contributed by atoms with Gasteiger partial charge >= 0.3 is 0 Å². The highest BCUT2D eigenvalue weighted by atomic mass is 35.5. The molecule has 0 radical (unpaired) electrons. The third-order valence-electron chi connectivity index (χ3n) is 6.28. The summed E-state index contributed by atoms with van der Waals surface area (Å²) in [5.41, 5.74) is 3.41. The van der Waals surface area contributed by atoms with Gasteiger partial charge in [0.25, 0.3) is 5.91 Å². The largest absolute Gasteiger partial charge is 0.342 e. The summed E-state index contributed by atoms with van der Waals surface area (Å²) in [5.74, 6) is 0.215. The molecule has 2 fully saturated rings. The van der Waals surface area contributed by atoms with Gasteiger partial charge in [-0.1, -0.05) is 41.4 Å². The number of piperidine rings is 1. The lowest BCUT2D eigenvalue weighted by molar-refractivity contribution is -0.135. The Labute approximate surface area is 182 Å². The lowest BCUT2D eigenvalue weighted by atomic mass is 9.95. The number of rotatable bonds is 4. The molecule has 7 heteroatoms. The normalized spacial score (nSPS) is 17.6. The zero-order valence-corrected chi connectivity index (χ0v) is 18.5. The van der Waals surface area contributed by atoms with Crippen LogP contribution in [0.2, 0.25) is 5.15 Å². The summed E-state index contributed by atoms with van der Waals surface area (Å²) < 4.78 is 1.69. The number of likely N-dealkylation sites (tertiary alicyclic amines) is 2. The fraction of sp³-hybridized carbons (Fsp3) is 0.522. The molecule has 0 aliphatic carbocycles. The van der Waals surface area contributed by atoms with Crippen molar-refractivity contribution in [2.24, 2.45) is 5.92 Å². The minimum Gasteiger partial charge on any atom is -0.342 e. The summed E-state index contributed by atoms with van der Waals surface area (Å²) in [5, 5.41) is 4.90. The summed E-state index contributed by atoms with van der Waals surface area (Å²) in [6.07, 6.45) is 3.64. The number of aromatic nitrogens is 2. The molecule has 0 unspecified atom stereocenters. The van der Waals surface area contributed by atoms with Gasteiger partial charge in [0.2, 0.25) is 5.91 Å². The third kappa shape index (κ3) is 4.24. The Hall–Kier alpha value is -2.34. The van der Waals surface area contributed by atoms with Gasteiger partial charge in [0.1, 0.15) is 5.15 Å². The number of nitrogens with zero attached hydrogens (tertiary/aromatic N) is 4. The maximum absolute atomic E-state index is 13.2. The molecule has 2 aliphatic rings. The molecule has 2 aliphatic heterocycles. The van der Waals surface area contributed by atoms with Crippen LogP contribution in [0, 0.1) is 19.8 Å². The van der Waals surface area contributed by atoms with Crippen LogP contribution in [0.4, 0.5) is 0 Å². The number of carbonyl (C=O) groups is 2. The van der Waals surface area contributed by atoms with E-state index in [1.807, 2.05) is 35.8 Å². The third-order valence-corrected chi connectivity index (χ3v) is 6.67. The molecule has 6 nitrogen and oxygen atoms in total. The van der Waals surface area contributed by atoms with E-state index in [4.69, 9.17) is 11.6 Å². The minimum absolute atomic E-state index is 0.0352. The molecule has 0 atom stereocenters. The van der Waals surface area contributed by atoms with Crippen LogP contribution in [-0.4, -0.2) is 57.6 Å². The molecule has 3 heterocycles. The van der Waals surface area contributed by atoms with Crippen molar-refractivity contribution in [1.82, 2.24) is 19.6 Å². The molecule has 2 saturated heterocycles. The van der Waals surface area contributed by atoms with Crippen molar-refractivity contribution in [3.8, 4) is 0 Å². The zero-order chi connectivity index (χ0) is 21.3. The van der Waals surface area contributed by atoms with Gasteiger partial charge in [0.05, 0.1) is 17.8 Å². The van der Waals surface area contributed by atoms with Crippen molar-refractivity contribution in [3.63, 3.8) is 0 Å². The van der Waals surface area contributed by atoms with E-state index in [2.05, 4.69) is 17.2 Å². The van der Waals surface area contributed by atoms with E-state index in [0.29, 0.717) is 36.0 Å². The van der Waals surface area contributed by atoms with Crippen molar-refractivity contribution in [3.05, 3.63) is 51.8 Å². The molecule has 2 aromatic rings. The van der Waals surface area contributed by atoms with Crippen LogP contribution in [0.5, 0.6) is 0 Å². The van der Waals surface area contributed by atoms with Crippen molar-refractivity contribution >= 4 is 23.4 Å². The molecular formula is C23H29ClN4O2. The van der Waals surface area contributed by atoms with Gasteiger partial charge in [0, 0.05) is 32.1 Å².